The average Bonchev–Trinajstić information content (AvgIpc) is 3.31. The lowest BCUT2D eigenvalue weighted by Gasteiger charge is -2.21. The second-order valence-electron chi connectivity index (χ2n) is 7.03. The summed E-state index contributed by atoms with van der Waals surface area (Å²) in [5.74, 6) is 0.326. The fourth-order valence-corrected chi connectivity index (χ4v) is 4.33. The lowest BCUT2D eigenvalue weighted by atomic mass is 10.1. The molecule has 0 unspecified atom stereocenters. The Balaban J connectivity index is 1.49. The molecule has 1 aliphatic heterocycles. The van der Waals surface area contributed by atoms with E-state index in [0.717, 1.165) is 60.1 Å². The Labute approximate surface area is 161 Å². The lowest BCUT2D eigenvalue weighted by Crippen LogP contribution is -2.33. The van der Waals surface area contributed by atoms with Crippen molar-refractivity contribution < 1.29 is 9.59 Å². The fourth-order valence-electron chi connectivity index (χ4n) is 3.93. The highest BCUT2D eigenvalue weighted by Gasteiger charge is 2.31. The molecule has 0 saturated heterocycles. The summed E-state index contributed by atoms with van der Waals surface area (Å²) in [4.78, 5) is 27.1. The molecule has 0 aromatic heterocycles. The maximum absolute atomic E-state index is 12.7. The van der Waals surface area contributed by atoms with Crippen LogP contribution in [0.3, 0.4) is 0 Å². The van der Waals surface area contributed by atoms with E-state index in [2.05, 4.69) is 21.2 Å². The van der Waals surface area contributed by atoms with E-state index in [1.807, 2.05) is 35.2 Å². The van der Waals surface area contributed by atoms with Gasteiger partial charge in [0.05, 0.1) is 0 Å². The van der Waals surface area contributed by atoms with Crippen LogP contribution >= 0.6 is 15.9 Å². The smallest absolute Gasteiger partial charge is 0.255 e. The number of nitrogens with one attached hydrogen (secondary N) is 1. The average molecular weight is 413 g/mol. The summed E-state index contributed by atoms with van der Waals surface area (Å²) in [6, 6.07) is 13.2. The van der Waals surface area contributed by atoms with Crippen molar-refractivity contribution in [3.63, 3.8) is 0 Å². The molecule has 2 aromatic rings. The van der Waals surface area contributed by atoms with E-state index in [9.17, 15) is 9.59 Å². The van der Waals surface area contributed by atoms with Crippen LogP contribution in [0.4, 0.5) is 11.4 Å². The van der Waals surface area contributed by atoms with E-state index in [1.54, 1.807) is 12.1 Å². The monoisotopic (exact) mass is 412 g/mol. The van der Waals surface area contributed by atoms with Gasteiger partial charge in [0.1, 0.15) is 0 Å². The molecule has 0 atom stereocenters. The van der Waals surface area contributed by atoms with Crippen molar-refractivity contribution in [1.82, 2.24) is 0 Å². The molecule has 134 valence electrons. The van der Waals surface area contributed by atoms with Crippen molar-refractivity contribution in [3.8, 4) is 0 Å². The Kier molecular flexibility index (Phi) is 4.81. The first-order valence-electron chi connectivity index (χ1n) is 9.13. The van der Waals surface area contributed by atoms with Crippen LogP contribution in [0.2, 0.25) is 0 Å². The van der Waals surface area contributed by atoms with Crippen molar-refractivity contribution in [2.45, 2.75) is 32.1 Å². The number of amides is 2. The van der Waals surface area contributed by atoms with Gasteiger partial charge in [-0.15, -0.1) is 0 Å². The maximum atomic E-state index is 12.7. The van der Waals surface area contributed by atoms with E-state index in [4.69, 9.17) is 0 Å². The molecule has 0 bridgehead atoms. The maximum Gasteiger partial charge on any atom is 0.255 e. The van der Waals surface area contributed by atoms with Crippen molar-refractivity contribution in [3.05, 3.63) is 58.1 Å². The van der Waals surface area contributed by atoms with E-state index in [1.165, 1.54) is 0 Å². The minimum atomic E-state index is -0.136. The number of rotatable bonds is 3. The first-order valence-corrected chi connectivity index (χ1v) is 9.92. The molecule has 2 aromatic carbocycles. The van der Waals surface area contributed by atoms with Crippen LogP contribution in [0.15, 0.2) is 46.9 Å². The van der Waals surface area contributed by atoms with Crippen molar-refractivity contribution >= 4 is 39.1 Å². The van der Waals surface area contributed by atoms with Gasteiger partial charge in [-0.05, 0) is 61.2 Å². The van der Waals surface area contributed by atoms with Crippen LogP contribution < -0.4 is 10.2 Å². The molecule has 1 saturated carbocycles. The zero-order valence-electron chi connectivity index (χ0n) is 14.5. The Morgan fingerprint density at radius 3 is 2.65 bits per heavy atom. The number of carbonyl (C=O) groups is 2. The van der Waals surface area contributed by atoms with Gasteiger partial charge >= 0.3 is 0 Å². The van der Waals surface area contributed by atoms with E-state index >= 15 is 0 Å². The molecule has 0 spiro atoms. The molecule has 5 heteroatoms. The summed E-state index contributed by atoms with van der Waals surface area (Å²) >= 11 is 3.39. The van der Waals surface area contributed by atoms with Gasteiger partial charge in [0, 0.05) is 33.9 Å². The number of nitrogens with zero attached hydrogens (tertiary/aromatic N) is 1. The fraction of sp³-hybridized carbons (Fsp3) is 0.333. The second-order valence-corrected chi connectivity index (χ2v) is 7.94. The van der Waals surface area contributed by atoms with Crippen molar-refractivity contribution in [2.75, 3.05) is 16.8 Å². The quantitative estimate of drug-likeness (QED) is 0.788. The Hall–Kier alpha value is -2.14. The predicted molar refractivity (Wildman–Crippen MR) is 107 cm³/mol. The predicted octanol–water partition coefficient (Wildman–Crippen LogP) is 4.78. The molecule has 1 fully saturated rings. The number of anilines is 2. The molecular weight excluding hydrogens is 392 g/mol. The van der Waals surface area contributed by atoms with Crippen molar-refractivity contribution in [1.29, 1.82) is 0 Å². The summed E-state index contributed by atoms with van der Waals surface area (Å²) in [6.45, 7) is 0.744. The highest BCUT2D eigenvalue weighted by atomic mass is 79.9. The second kappa shape index (κ2) is 7.23. The summed E-state index contributed by atoms with van der Waals surface area (Å²) in [5, 5.41) is 2.95. The molecule has 1 N–H and O–H groups in total. The van der Waals surface area contributed by atoms with Gasteiger partial charge in [-0.3, -0.25) is 9.59 Å². The summed E-state index contributed by atoms with van der Waals surface area (Å²) < 4.78 is 0.875. The standard InChI is InChI=1S/C21H21BrN2O2/c22-17-7-3-6-16(12-17)20(25)23-18-8-9-19-15(13-18)10-11-24(19)21(26)14-4-1-2-5-14/h3,6-9,12-14H,1-2,4-5,10-11H2,(H,23,25). The normalized spacial score (nSPS) is 16.6. The zero-order valence-corrected chi connectivity index (χ0v) is 16.1. The van der Waals surface area contributed by atoms with Gasteiger partial charge in [-0.25, -0.2) is 0 Å². The minimum Gasteiger partial charge on any atom is -0.322 e. The summed E-state index contributed by atoms with van der Waals surface area (Å²) in [5.41, 5.74) is 3.51. The molecule has 26 heavy (non-hydrogen) atoms. The third-order valence-corrected chi connectivity index (χ3v) is 5.78. The minimum absolute atomic E-state index is 0.136. The van der Waals surface area contributed by atoms with Crippen LogP contribution in [0.25, 0.3) is 0 Å². The molecule has 0 radical (unpaired) electrons. The van der Waals surface area contributed by atoms with Crippen LogP contribution in [0.1, 0.15) is 41.6 Å². The first kappa shape index (κ1) is 17.3. The molecule has 2 aliphatic rings. The highest BCUT2D eigenvalue weighted by Crippen LogP contribution is 2.35. The molecular formula is C21H21BrN2O2. The Morgan fingerprint density at radius 2 is 1.88 bits per heavy atom. The van der Waals surface area contributed by atoms with Gasteiger partial charge in [0.2, 0.25) is 5.91 Å². The van der Waals surface area contributed by atoms with Gasteiger partial charge in [-0.1, -0.05) is 34.8 Å². The van der Waals surface area contributed by atoms with Crippen LogP contribution in [0.5, 0.6) is 0 Å². The number of halogens is 1. The van der Waals surface area contributed by atoms with Crippen LogP contribution in [-0.4, -0.2) is 18.4 Å². The van der Waals surface area contributed by atoms with Gasteiger partial charge in [0.25, 0.3) is 5.91 Å². The topological polar surface area (TPSA) is 49.4 Å². The number of hydrogen-bond donors (Lipinski definition) is 1. The number of carbonyl (C=O) groups excluding carboxylic acids is 2. The third kappa shape index (κ3) is 3.40. The van der Waals surface area contributed by atoms with E-state index in [-0.39, 0.29) is 17.7 Å². The Bertz CT molecular complexity index is 859. The van der Waals surface area contributed by atoms with Gasteiger partial charge in [-0.2, -0.15) is 0 Å². The zero-order chi connectivity index (χ0) is 18.1. The molecule has 4 nitrogen and oxygen atoms in total. The number of benzene rings is 2. The summed E-state index contributed by atoms with van der Waals surface area (Å²) in [6.07, 6.45) is 5.21. The van der Waals surface area contributed by atoms with E-state index in [0.29, 0.717) is 5.56 Å². The van der Waals surface area contributed by atoms with Gasteiger partial charge < -0.3 is 10.2 Å². The number of hydrogen-bond acceptors (Lipinski definition) is 2. The van der Waals surface area contributed by atoms with Crippen molar-refractivity contribution in [2.24, 2.45) is 5.92 Å². The lowest BCUT2D eigenvalue weighted by molar-refractivity contribution is -0.122. The molecule has 2 amide bonds. The Morgan fingerprint density at radius 1 is 1.08 bits per heavy atom. The van der Waals surface area contributed by atoms with Crippen LogP contribution in [-0.2, 0) is 11.2 Å². The number of fused-ring (bicyclic) bond motifs is 1. The third-order valence-electron chi connectivity index (χ3n) is 5.29. The summed E-state index contributed by atoms with van der Waals surface area (Å²) in [7, 11) is 0. The van der Waals surface area contributed by atoms with Gasteiger partial charge in [0.15, 0.2) is 0 Å². The first-order chi connectivity index (χ1) is 12.6. The van der Waals surface area contributed by atoms with Crippen LogP contribution in [0, 0.1) is 5.92 Å². The molecule has 4 rings (SSSR count). The largest absolute Gasteiger partial charge is 0.322 e. The van der Waals surface area contributed by atoms with E-state index < -0.39 is 0 Å². The molecule has 1 aliphatic carbocycles. The SMILES string of the molecule is O=C(Nc1ccc2c(c1)CCN2C(=O)C1CCCC1)c1cccc(Br)c1. The highest BCUT2D eigenvalue weighted by molar-refractivity contribution is 9.10. The molecule has 1 heterocycles.